The van der Waals surface area contributed by atoms with Crippen LogP contribution in [0.4, 0.5) is 5.82 Å². The Hall–Kier alpha value is -3.66. The van der Waals surface area contributed by atoms with Gasteiger partial charge in [-0.05, 0) is 30.7 Å². The van der Waals surface area contributed by atoms with Crippen LogP contribution in [0, 0.1) is 18.3 Å². The molecule has 0 aliphatic heterocycles. The number of nitrogens with zero attached hydrogens (tertiary/aromatic N) is 4. The van der Waals surface area contributed by atoms with Gasteiger partial charge in [0.1, 0.15) is 17.5 Å². The number of carbonyl (C=O) groups excluding carboxylic acids is 1. The number of nitriles is 1. The third kappa shape index (κ3) is 3.00. The van der Waals surface area contributed by atoms with Crippen molar-refractivity contribution >= 4 is 11.8 Å². The molecule has 7 nitrogen and oxygen atoms in total. The number of nitrogens with two attached hydrogens (primary N) is 1. The van der Waals surface area contributed by atoms with Crippen LogP contribution >= 0.6 is 0 Å². The highest BCUT2D eigenvalue weighted by atomic mass is 16.5. The largest absolute Gasteiger partial charge is 0.465 e. The summed E-state index contributed by atoms with van der Waals surface area (Å²) in [6, 6.07) is 10.7. The Morgan fingerprint density at radius 2 is 2.08 bits per heavy atom. The normalized spacial score (nSPS) is 10.4. The maximum absolute atomic E-state index is 11.8. The minimum atomic E-state index is -0.448. The maximum Gasteiger partial charge on any atom is 0.337 e. The molecule has 2 N–H and O–H groups in total. The van der Waals surface area contributed by atoms with Crippen molar-refractivity contribution in [1.29, 1.82) is 5.26 Å². The van der Waals surface area contributed by atoms with Crippen molar-refractivity contribution in [2.24, 2.45) is 7.05 Å². The predicted octanol–water partition coefficient (Wildman–Crippen LogP) is 2.70. The van der Waals surface area contributed by atoms with Gasteiger partial charge in [0.15, 0.2) is 0 Å². The van der Waals surface area contributed by atoms with E-state index in [-0.39, 0.29) is 11.4 Å². The zero-order valence-corrected chi connectivity index (χ0v) is 14.6. The Labute approximate surface area is 150 Å². The minimum Gasteiger partial charge on any atom is -0.465 e. The molecule has 0 unspecified atom stereocenters. The van der Waals surface area contributed by atoms with E-state index in [1.54, 1.807) is 28.9 Å². The minimum absolute atomic E-state index is 0.131. The number of nitrogen functional groups attached to an aromatic ring is 1. The summed E-state index contributed by atoms with van der Waals surface area (Å²) in [7, 11) is 3.15. The fraction of sp³-hybridized carbons (Fsp3) is 0.158. The average molecular weight is 347 g/mol. The summed E-state index contributed by atoms with van der Waals surface area (Å²) >= 11 is 0. The number of aryl methyl sites for hydroxylation is 2. The molecule has 130 valence electrons. The third-order valence-electron chi connectivity index (χ3n) is 4.04. The number of anilines is 1. The molecule has 0 aliphatic rings. The molecule has 0 spiro atoms. The second-order valence-corrected chi connectivity index (χ2v) is 5.80. The van der Waals surface area contributed by atoms with Gasteiger partial charge in [0, 0.05) is 24.4 Å². The number of rotatable bonds is 3. The van der Waals surface area contributed by atoms with Gasteiger partial charge in [0.2, 0.25) is 0 Å². The quantitative estimate of drug-likeness (QED) is 0.730. The number of hydrogen-bond donors (Lipinski definition) is 1. The smallest absolute Gasteiger partial charge is 0.337 e. The molecule has 3 rings (SSSR count). The summed E-state index contributed by atoms with van der Waals surface area (Å²) in [5.74, 6) is -0.317. The molecule has 0 saturated carbocycles. The van der Waals surface area contributed by atoms with Crippen molar-refractivity contribution in [2.75, 3.05) is 12.8 Å². The molecule has 7 heteroatoms. The van der Waals surface area contributed by atoms with E-state index in [1.807, 2.05) is 26.2 Å². The van der Waals surface area contributed by atoms with E-state index in [2.05, 4.69) is 16.2 Å². The topological polar surface area (TPSA) is 107 Å². The Balaban J connectivity index is 2.22. The number of methoxy groups -OCH3 is 1. The van der Waals surface area contributed by atoms with Crippen LogP contribution < -0.4 is 5.73 Å². The Morgan fingerprint density at radius 1 is 1.31 bits per heavy atom. The van der Waals surface area contributed by atoms with Crippen molar-refractivity contribution in [3.63, 3.8) is 0 Å². The predicted molar refractivity (Wildman–Crippen MR) is 97.1 cm³/mol. The first-order valence-corrected chi connectivity index (χ1v) is 7.84. The number of hydrogen-bond acceptors (Lipinski definition) is 6. The van der Waals surface area contributed by atoms with E-state index in [9.17, 15) is 10.1 Å². The van der Waals surface area contributed by atoms with Crippen LogP contribution in [0.25, 0.3) is 22.4 Å². The lowest BCUT2D eigenvalue weighted by Gasteiger charge is -2.10. The number of pyridine rings is 1. The molecule has 0 bridgehead atoms. The lowest BCUT2D eigenvalue weighted by molar-refractivity contribution is 0.0601. The molecule has 3 aromatic rings. The number of aromatic nitrogens is 3. The van der Waals surface area contributed by atoms with Gasteiger partial charge < -0.3 is 10.5 Å². The zero-order valence-electron chi connectivity index (χ0n) is 14.6. The highest BCUT2D eigenvalue weighted by molar-refractivity contribution is 5.92. The molecule has 2 heterocycles. The van der Waals surface area contributed by atoms with E-state index >= 15 is 0 Å². The fourth-order valence-corrected chi connectivity index (χ4v) is 2.83. The second kappa shape index (κ2) is 6.69. The number of benzene rings is 1. The fourth-order valence-electron chi connectivity index (χ4n) is 2.83. The van der Waals surface area contributed by atoms with Crippen LogP contribution in [-0.2, 0) is 11.8 Å². The van der Waals surface area contributed by atoms with Gasteiger partial charge in [0.05, 0.1) is 24.1 Å². The summed E-state index contributed by atoms with van der Waals surface area (Å²) in [5, 5.41) is 13.8. The highest BCUT2D eigenvalue weighted by Crippen LogP contribution is 2.32. The van der Waals surface area contributed by atoms with Crippen LogP contribution in [0.5, 0.6) is 0 Å². The van der Waals surface area contributed by atoms with Crippen molar-refractivity contribution < 1.29 is 9.53 Å². The molecule has 0 fully saturated rings. The standard InChI is InChI=1S/C19H17N5O2/c1-11-16(10-24(2)23-11)17-8-14(15(9-20)18(21)22-17)12-5-4-6-13(7-12)19(25)26-3/h4-8,10H,1-3H3,(H2,21,22). The molecule has 1 aromatic carbocycles. The van der Waals surface area contributed by atoms with Crippen LogP contribution in [0.1, 0.15) is 21.6 Å². The Bertz CT molecular complexity index is 1050. The van der Waals surface area contributed by atoms with E-state index in [0.717, 1.165) is 11.3 Å². The van der Waals surface area contributed by atoms with Crippen LogP contribution in [0.3, 0.4) is 0 Å². The second-order valence-electron chi connectivity index (χ2n) is 5.80. The van der Waals surface area contributed by atoms with Gasteiger partial charge >= 0.3 is 5.97 Å². The van der Waals surface area contributed by atoms with Crippen LogP contribution in [0.2, 0.25) is 0 Å². The first-order chi connectivity index (χ1) is 12.4. The van der Waals surface area contributed by atoms with Crippen molar-refractivity contribution in [3.8, 4) is 28.5 Å². The van der Waals surface area contributed by atoms with E-state index in [1.165, 1.54) is 7.11 Å². The SMILES string of the molecule is COC(=O)c1cccc(-c2cc(-c3cn(C)nc3C)nc(N)c2C#N)c1. The summed E-state index contributed by atoms with van der Waals surface area (Å²) in [5.41, 5.74) is 10.2. The van der Waals surface area contributed by atoms with Crippen LogP contribution in [-0.4, -0.2) is 27.8 Å². The molecule has 26 heavy (non-hydrogen) atoms. The van der Waals surface area contributed by atoms with E-state index in [0.29, 0.717) is 22.4 Å². The lowest BCUT2D eigenvalue weighted by atomic mass is 9.97. The zero-order chi connectivity index (χ0) is 18.8. The number of ether oxygens (including phenoxy) is 1. The van der Waals surface area contributed by atoms with Gasteiger partial charge in [0.25, 0.3) is 0 Å². The first-order valence-electron chi connectivity index (χ1n) is 7.84. The molecule has 0 aliphatic carbocycles. The van der Waals surface area contributed by atoms with Gasteiger partial charge in [-0.3, -0.25) is 4.68 Å². The Morgan fingerprint density at radius 3 is 2.69 bits per heavy atom. The molecular weight excluding hydrogens is 330 g/mol. The third-order valence-corrected chi connectivity index (χ3v) is 4.04. The highest BCUT2D eigenvalue weighted by Gasteiger charge is 2.17. The molecular formula is C19H17N5O2. The number of esters is 1. The molecule has 0 radical (unpaired) electrons. The van der Waals surface area contributed by atoms with Crippen molar-refractivity contribution in [2.45, 2.75) is 6.92 Å². The lowest BCUT2D eigenvalue weighted by Crippen LogP contribution is -2.02. The maximum atomic E-state index is 11.8. The van der Waals surface area contributed by atoms with Crippen LogP contribution in [0.15, 0.2) is 36.5 Å². The Kier molecular flexibility index (Phi) is 4.42. The molecule has 2 aromatic heterocycles. The molecule has 0 atom stereocenters. The van der Waals surface area contributed by atoms with Gasteiger partial charge in [-0.15, -0.1) is 0 Å². The molecule has 0 saturated heterocycles. The van der Waals surface area contributed by atoms with Crippen molar-refractivity contribution in [1.82, 2.24) is 14.8 Å². The van der Waals surface area contributed by atoms with Gasteiger partial charge in [-0.1, -0.05) is 12.1 Å². The van der Waals surface area contributed by atoms with Crippen molar-refractivity contribution in [3.05, 3.63) is 53.3 Å². The first kappa shape index (κ1) is 17.2. The van der Waals surface area contributed by atoms with Gasteiger partial charge in [-0.25, -0.2) is 9.78 Å². The molecule has 0 amide bonds. The summed E-state index contributed by atoms with van der Waals surface area (Å²) in [4.78, 5) is 16.2. The summed E-state index contributed by atoms with van der Waals surface area (Å²) < 4.78 is 6.46. The average Bonchev–Trinajstić information content (AvgIpc) is 2.98. The van der Waals surface area contributed by atoms with Gasteiger partial charge in [-0.2, -0.15) is 10.4 Å². The van der Waals surface area contributed by atoms with E-state index in [4.69, 9.17) is 10.5 Å². The summed E-state index contributed by atoms with van der Waals surface area (Å²) in [6.45, 7) is 1.88. The summed E-state index contributed by atoms with van der Waals surface area (Å²) in [6.07, 6.45) is 1.85. The van der Waals surface area contributed by atoms with E-state index < -0.39 is 5.97 Å². The monoisotopic (exact) mass is 347 g/mol. The number of carbonyl (C=O) groups is 1.